The molecule has 1 atom stereocenters. The third kappa shape index (κ3) is 5.17. The van der Waals surface area contributed by atoms with Gasteiger partial charge in [0.15, 0.2) is 0 Å². The van der Waals surface area contributed by atoms with Gasteiger partial charge in [-0.25, -0.2) is 0 Å². The summed E-state index contributed by atoms with van der Waals surface area (Å²) in [5, 5.41) is 0. The van der Waals surface area contributed by atoms with Gasteiger partial charge >= 0.3 is 0 Å². The SMILES string of the molecule is COCCC(C)(CN)N(Cc1ccccc1)Cc1ccccc1. The van der Waals surface area contributed by atoms with E-state index in [2.05, 4.69) is 72.5 Å². The van der Waals surface area contributed by atoms with Crippen molar-refractivity contribution in [3.05, 3.63) is 71.8 Å². The van der Waals surface area contributed by atoms with E-state index in [0.29, 0.717) is 13.2 Å². The molecule has 2 aromatic rings. The number of ether oxygens (including phenoxy) is 1. The van der Waals surface area contributed by atoms with Crippen molar-refractivity contribution >= 4 is 0 Å². The molecule has 0 saturated heterocycles. The molecule has 0 amide bonds. The van der Waals surface area contributed by atoms with Crippen LogP contribution in [0, 0.1) is 0 Å². The summed E-state index contributed by atoms with van der Waals surface area (Å²) >= 11 is 0. The van der Waals surface area contributed by atoms with Crippen LogP contribution in [0.15, 0.2) is 60.7 Å². The monoisotopic (exact) mass is 312 g/mol. The van der Waals surface area contributed by atoms with Crippen LogP contribution in [-0.2, 0) is 17.8 Å². The Morgan fingerprint density at radius 2 is 1.39 bits per heavy atom. The molecule has 0 aliphatic heterocycles. The molecular formula is C20H28N2O. The average molecular weight is 312 g/mol. The Bertz CT molecular complexity index is 517. The molecule has 3 heteroatoms. The molecule has 0 spiro atoms. The van der Waals surface area contributed by atoms with Crippen molar-refractivity contribution in [2.75, 3.05) is 20.3 Å². The van der Waals surface area contributed by atoms with Crippen LogP contribution in [0.2, 0.25) is 0 Å². The summed E-state index contributed by atoms with van der Waals surface area (Å²) in [6.07, 6.45) is 0.916. The van der Waals surface area contributed by atoms with E-state index in [9.17, 15) is 0 Å². The maximum Gasteiger partial charge on any atom is 0.0480 e. The fourth-order valence-corrected chi connectivity index (χ4v) is 2.76. The Morgan fingerprint density at radius 3 is 1.78 bits per heavy atom. The van der Waals surface area contributed by atoms with Crippen molar-refractivity contribution in [1.82, 2.24) is 4.90 Å². The topological polar surface area (TPSA) is 38.5 Å². The number of benzene rings is 2. The smallest absolute Gasteiger partial charge is 0.0480 e. The van der Waals surface area contributed by atoms with Gasteiger partial charge in [-0.05, 0) is 24.5 Å². The van der Waals surface area contributed by atoms with Crippen LogP contribution >= 0.6 is 0 Å². The quantitative estimate of drug-likeness (QED) is 0.771. The second kappa shape index (κ2) is 8.82. The maximum atomic E-state index is 6.16. The van der Waals surface area contributed by atoms with E-state index in [4.69, 9.17) is 10.5 Å². The lowest BCUT2D eigenvalue weighted by Crippen LogP contribution is -2.51. The first kappa shape index (κ1) is 17.7. The normalized spacial score (nSPS) is 13.9. The molecule has 3 nitrogen and oxygen atoms in total. The Balaban J connectivity index is 2.22. The Hall–Kier alpha value is -1.68. The summed E-state index contributed by atoms with van der Waals surface area (Å²) in [5.41, 5.74) is 8.68. The van der Waals surface area contributed by atoms with Crippen LogP contribution in [0.3, 0.4) is 0 Å². The van der Waals surface area contributed by atoms with Crippen LogP contribution in [0.1, 0.15) is 24.5 Å². The van der Waals surface area contributed by atoms with Crippen LogP contribution in [0.5, 0.6) is 0 Å². The Kier molecular flexibility index (Phi) is 6.78. The molecule has 1 unspecified atom stereocenters. The molecular weight excluding hydrogens is 284 g/mol. The molecule has 0 bridgehead atoms. The van der Waals surface area contributed by atoms with Crippen molar-refractivity contribution in [2.45, 2.75) is 32.0 Å². The van der Waals surface area contributed by atoms with Crippen LogP contribution < -0.4 is 5.73 Å². The molecule has 0 heterocycles. The summed E-state index contributed by atoms with van der Waals surface area (Å²) in [6.45, 7) is 5.32. The zero-order chi connectivity index (χ0) is 16.5. The van der Waals surface area contributed by atoms with E-state index in [-0.39, 0.29) is 5.54 Å². The first-order valence-electron chi connectivity index (χ1n) is 8.20. The summed E-state index contributed by atoms with van der Waals surface area (Å²) < 4.78 is 5.31. The number of hydrogen-bond donors (Lipinski definition) is 1. The molecule has 23 heavy (non-hydrogen) atoms. The predicted octanol–water partition coefficient (Wildman–Crippen LogP) is 3.44. The highest BCUT2D eigenvalue weighted by Crippen LogP contribution is 2.24. The molecule has 2 rings (SSSR count). The van der Waals surface area contributed by atoms with Crippen molar-refractivity contribution < 1.29 is 4.74 Å². The highest BCUT2D eigenvalue weighted by molar-refractivity contribution is 5.18. The van der Waals surface area contributed by atoms with Crippen LogP contribution in [-0.4, -0.2) is 30.7 Å². The number of nitrogens with two attached hydrogens (primary N) is 1. The largest absolute Gasteiger partial charge is 0.385 e. The van der Waals surface area contributed by atoms with Crippen molar-refractivity contribution in [2.24, 2.45) is 5.73 Å². The first-order valence-corrected chi connectivity index (χ1v) is 8.20. The van der Waals surface area contributed by atoms with Gasteiger partial charge in [-0.3, -0.25) is 4.90 Å². The van der Waals surface area contributed by atoms with Crippen molar-refractivity contribution in [3.8, 4) is 0 Å². The van der Waals surface area contributed by atoms with Gasteiger partial charge in [0.25, 0.3) is 0 Å². The van der Waals surface area contributed by atoms with Gasteiger partial charge in [0.1, 0.15) is 0 Å². The standard InChI is InChI=1S/C20H28N2O/c1-20(17-21,13-14-23-2)22(15-18-9-5-3-6-10-18)16-19-11-7-4-8-12-19/h3-12H,13-17,21H2,1-2H3. The molecule has 0 aromatic heterocycles. The molecule has 0 fully saturated rings. The summed E-state index contributed by atoms with van der Waals surface area (Å²) in [4.78, 5) is 2.47. The fraction of sp³-hybridized carbons (Fsp3) is 0.400. The zero-order valence-corrected chi connectivity index (χ0v) is 14.2. The van der Waals surface area contributed by atoms with E-state index in [1.54, 1.807) is 7.11 Å². The zero-order valence-electron chi connectivity index (χ0n) is 14.2. The highest BCUT2D eigenvalue weighted by atomic mass is 16.5. The highest BCUT2D eigenvalue weighted by Gasteiger charge is 2.30. The van der Waals surface area contributed by atoms with Crippen molar-refractivity contribution in [1.29, 1.82) is 0 Å². The lowest BCUT2D eigenvalue weighted by molar-refractivity contribution is 0.0555. The van der Waals surface area contributed by atoms with E-state index in [1.165, 1.54) is 11.1 Å². The van der Waals surface area contributed by atoms with Crippen LogP contribution in [0.4, 0.5) is 0 Å². The number of nitrogens with zero attached hydrogens (tertiary/aromatic N) is 1. The summed E-state index contributed by atoms with van der Waals surface area (Å²) in [5.74, 6) is 0. The Labute approximate surface area is 140 Å². The molecule has 0 radical (unpaired) electrons. The average Bonchev–Trinajstić information content (AvgIpc) is 2.61. The minimum Gasteiger partial charge on any atom is -0.385 e. The lowest BCUT2D eigenvalue weighted by Gasteiger charge is -2.41. The maximum absolute atomic E-state index is 6.16. The molecule has 0 saturated carbocycles. The lowest BCUT2D eigenvalue weighted by atomic mass is 9.94. The fourth-order valence-electron chi connectivity index (χ4n) is 2.76. The first-order chi connectivity index (χ1) is 11.2. The van der Waals surface area contributed by atoms with Gasteiger partial charge in [-0.2, -0.15) is 0 Å². The predicted molar refractivity (Wildman–Crippen MR) is 96.1 cm³/mol. The minimum atomic E-state index is -0.0955. The number of methoxy groups -OCH3 is 1. The van der Waals surface area contributed by atoms with Gasteiger partial charge in [-0.1, -0.05) is 60.7 Å². The van der Waals surface area contributed by atoms with Gasteiger partial charge in [0, 0.05) is 38.9 Å². The second-order valence-corrected chi connectivity index (χ2v) is 6.27. The Morgan fingerprint density at radius 1 is 0.913 bits per heavy atom. The summed E-state index contributed by atoms with van der Waals surface area (Å²) in [6, 6.07) is 21.1. The van der Waals surface area contributed by atoms with Gasteiger partial charge in [0.2, 0.25) is 0 Å². The van der Waals surface area contributed by atoms with Crippen molar-refractivity contribution in [3.63, 3.8) is 0 Å². The van der Waals surface area contributed by atoms with Gasteiger partial charge in [0.05, 0.1) is 0 Å². The third-order valence-electron chi connectivity index (χ3n) is 4.48. The number of hydrogen-bond acceptors (Lipinski definition) is 3. The second-order valence-electron chi connectivity index (χ2n) is 6.27. The third-order valence-corrected chi connectivity index (χ3v) is 4.48. The molecule has 0 aliphatic rings. The van der Waals surface area contributed by atoms with Gasteiger partial charge in [-0.15, -0.1) is 0 Å². The minimum absolute atomic E-state index is 0.0955. The van der Waals surface area contributed by atoms with E-state index in [1.807, 2.05) is 0 Å². The number of rotatable bonds is 9. The molecule has 124 valence electrons. The summed E-state index contributed by atoms with van der Waals surface area (Å²) in [7, 11) is 1.75. The van der Waals surface area contributed by atoms with E-state index >= 15 is 0 Å². The molecule has 2 aromatic carbocycles. The van der Waals surface area contributed by atoms with E-state index < -0.39 is 0 Å². The molecule has 2 N–H and O–H groups in total. The van der Waals surface area contributed by atoms with E-state index in [0.717, 1.165) is 19.5 Å². The van der Waals surface area contributed by atoms with Crippen LogP contribution in [0.25, 0.3) is 0 Å². The van der Waals surface area contributed by atoms with Gasteiger partial charge < -0.3 is 10.5 Å². The molecule has 0 aliphatic carbocycles.